The van der Waals surface area contributed by atoms with Gasteiger partial charge in [-0.25, -0.2) is 4.18 Å². The van der Waals surface area contributed by atoms with Gasteiger partial charge in [-0.15, -0.1) is 0 Å². The summed E-state index contributed by atoms with van der Waals surface area (Å²) in [4.78, 5) is 0. The molecule has 268 valence electrons. The van der Waals surface area contributed by atoms with Crippen molar-refractivity contribution in [1.29, 1.82) is 0 Å². The number of fused-ring (bicyclic) bond motifs is 5. The van der Waals surface area contributed by atoms with E-state index in [0.29, 0.717) is 25.7 Å². The summed E-state index contributed by atoms with van der Waals surface area (Å²) in [7, 11) is -4.81. The Morgan fingerprint density at radius 2 is 1.52 bits per heavy atom. The molecule has 0 aromatic carbocycles. The van der Waals surface area contributed by atoms with Gasteiger partial charge in [0.25, 0.3) is 0 Å². The van der Waals surface area contributed by atoms with E-state index in [1.807, 2.05) is 20.8 Å². The molecular formula is C32H56O13S. The molecule has 0 radical (unpaired) electrons. The molecule has 5 fully saturated rings. The van der Waals surface area contributed by atoms with Crippen LogP contribution in [0.3, 0.4) is 0 Å². The Kier molecular flexibility index (Phi) is 10.4. The number of hydrogen-bond acceptors (Lipinski definition) is 12. The first kappa shape index (κ1) is 36.8. The standard InChI is InChI=1S/C32H56O13S/c1-15(2)21(44-29-27(38)25(36)20(35)14-43-29)7-6-16(3)17-12-18(33)28-30(17,4)11-9-23-31(5)10-8-22(45-46(40,41)42)26(37)24(31)19(34)13-32(23,28)39/h15-29,33-39H,6-14H2,1-5H3,(H,40,41,42)/t16-,17-,18?,19?,20?,21+,22+,23?,24?,25?,26+,27?,28?,29?,30-,31-,32+/m1/s1. The van der Waals surface area contributed by atoms with Gasteiger partial charge < -0.3 is 45.2 Å². The number of ether oxygens (including phenoxy) is 2. The van der Waals surface area contributed by atoms with Crippen molar-refractivity contribution in [3.05, 3.63) is 0 Å². The van der Waals surface area contributed by atoms with Crippen LogP contribution in [0.25, 0.3) is 0 Å². The van der Waals surface area contributed by atoms with Crippen LogP contribution in [0.4, 0.5) is 0 Å². The Labute approximate surface area is 272 Å². The highest BCUT2D eigenvalue weighted by atomic mass is 32.3. The second-order valence-electron chi connectivity index (χ2n) is 16.1. The van der Waals surface area contributed by atoms with Crippen molar-refractivity contribution < 1.29 is 62.4 Å². The van der Waals surface area contributed by atoms with Crippen LogP contribution in [0.1, 0.15) is 86.0 Å². The lowest BCUT2D eigenvalue weighted by atomic mass is 9.41. The zero-order valence-electron chi connectivity index (χ0n) is 27.6. The molecule has 5 aliphatic rings. The van der Waals surface area contributed by atoms with E-state index in [2.05, 4.69) is 13.8 Å². The highest BCUT2D eigenvalue weighted by molar-refractivity contribution is 7.80. The maximum absolute atomic E-state index is 12.6. The van der Waals surface area contributed by atoms with Gasteiger partial charge in [-0.05, 0) is 79.4 Å². The third-order valence-corrected chi connectivity index (χ3v) is 13.6. The normalized spacial score (nSPS) is 50.8. The summed E-state index contributed by atoms with van der Waals surface area (Å²) in [6, 6.07) is 0. The number of hydrogen-bond donors (Lipinski definition) is 8. The van der Waals surface area contributed by atoms with E-state index in [0.717, 1.165) is 12.8 Å². The molecule has 4 aliphatic carbocycles. The first-order chi connectivity index (χ1) is 21.2. The van der Waals surface area contributed by atoms with Crippen LogP contribution in [0.5, 0.6) is 0 Å². The highest BCUT2D eigenvalue weighted by Crippen LogP contribution is 2.70. The second kappa shape index (κ2) is 13.0. The van der Waals surface area contributed by atoms with E-state index in [9.17, 15) is 48.7 Å². The van der Waals surface area contributed by atoms with E-state index in [1.54, 1.807) is 0 Å². The molecule has 9 unspecified atom stereocenters. The maximum Gasteiger partial charge on any atom is 0.397 e. The van der Waals surface area contributed by atoms with Crippen molar-refractivity contribution in [2.75, 3.05) is 6.61 Å². The van der Waals surface area contributed by atoms with Gasteiger partial charge in [0.15, 0.2) is 6.29 Å². The Balaban J connectivity index is 1.30. The zero-order valence-corrected chi connectivity index (χ0v) is 28.4. The van der Waals surface area contributed by atoms with Crippen LogP contribution < -0.4 is 0 Å². The maximum atomic E-state index is 12.6. The Bertz CT molecular complexity index is 1190. The SMILES string of the molecule is CC(C)[C@H](CC[C@@H](C)[C@H]1CC(O)C2[C@]3(O)CC(O)C4[C@@H](O)[C@@H](OS(=O)(=O)O)CC[C@]4(C)C3CC[C@@]21C)OC1OCC(O)C(O)C1O. The quantitative estimate of drug-likeness (QED) is 0.158. The summed E-state index contributed by atoms with van der Waals surface area (Å²) >= 11 is 0. The van der Waals surface area contributed by atoms with Crippen LogP contribution in [-0.2, 0) is 24.1 Å². The zero-order chi connectivity index (χ0) is 34.1. The predicted molar refractivity (Wildman–Crippen MR) is 163 cm³/mol. The second-order valence-corrected chi connectivity index (χ2v) is 17.1. The van der Waals surface area contributed by atoms with Crippen LogP contribution in [0.2, 0.25) is 0 Å². The minimum atomic E-state index is -4.81. The molecule has 17 atom stereocenters. The molecular weight excluding hydrogens is 624 g/mol. The van der Waals surface area contributed by atoms with Crippen LogP contribution >= 0.6 is 0 Å². The van der Waals surface area contributed by atoms with E-state index in [4.69, 9.17) is 13.7 Å². The predicted octanol–water partition coefficient (Wildman–Crippen LogP) is 0.757. The molecule has 1 saturated heterocycles. The van der Waals surface area contributed by atoms with Crippen molar-refractivity contribution in [3.63, 3.8) is 0 Å². The average Bonchev–Trinajstić information content (AvgIpc) is 3.22. The van der Waals surface area contributed by atoms with Crippen LogP contribution in [-0.4, -0.2) is 116 Å². The summed E-state index contributed by atoms with van der Waals surface area (Å²) in [6.45, 7) is 10.1. The molecule has 0 spiro atoms. The summed E-state index contributed by atoms with van der Waals surface area (Å²) in [5.41, 5.74) is -2.60. The number of aliphatic hydroxyl groups is 7. The fourth-order valence-corrected chi connectivity index (χ4v) is 11.5. The van der Waals surface area contributed by atoms with Gasteiger partial charge in [-0.3, -0.25) is 4.55 Å². The lowest BCUT2D eigenvalue weighted by Gasteiger charge is -2.66. The van der Waals surface area contributed by atoms with Gasteiger partial charge in [-0.2, -0.15) is 8.42 Å². The van der Waals surface area contributed by atoms with Crippen molar-refractivity contribution >= 4 is 10.4 Å². The average molecular weight is 681 g/mol. The number of aliphatic hydroxyl groups excluding tert-OH is 6. The van der Waals surface area contributed by atoms with E-state index in [1.165, 1.54) is 0 Å². The minimum Gasteiger partial charge on any atom is -0.393 e. The first-order valence-corrected chi connectivity index (χ1v) is 18.3. The summed E-state index contributed by atoms with van der Waals surface area (Å²) in [5, 5.41) is 77.2. The van der Waals surface area contributed by atoms with Crippen LogP contribution in [0.15, 0.2) is 0 Å². The molecule has 5 rings (SSSR count). The van der Waals surface area contributed by atoms with E-state index >= 15 is 0 Å². The molecule has 0 bridgehead atoms. The number of rotatable bonds is 9. The van der Waals surface area contributed by atoms with Crippen molar-refractivity contribution in [3.8, 4) is 0 Å². The van der Waals surface area contributed by atoms with Gasteiger partial charge in [-0.1, -0.05) is 34.6 Å². The van der Waals surface area contributed by atoms with E-state index in [-0.39, 0.29) is 49.2 Å². The lowest BCUT2D eigenvalue weighted by molar-refractivity contribution is -0.287. The molecule has 8 N–H and O–H groups in total. The van der Waals surface area contributed by atoms with Gasteiger partial charge in [0.2, 0.25) is 0 Å². The van der Waals surface area contributed by atoms with Gasteiger partial charge in [0.1, 0.15) is 24.4 Å². The minimum absolute atomic E-state index is 0.0611. The van der Waals surface area contributed by atoms with Crippen LogP contribution in [0, 0.1) is 46.3 Å². The molecule has 13 nitrogen and oxygen atoms in total. The smallest absolute Gasteiger partial charge is 0.393 e. The molecule has 1 heterocycles. The topological polar surface area (TPSA) is 224 Å². The summed E-state index contributed by atoms with van der Waals surface area (Å²) < 4.78 is 48.4. The summed E-state index contributed by atoms with van der Waals surface area (Å²) in [6.07, 6.45) is -6.21. The Morgan fingerprint density at radius 1 is 0.870 bits per heavy atom. The van der Waals surface area contributed by atoms with Crippen molar-refractivity contribution in [1.82, 2.24) is 0 Å². The Morgan fingerprint density at radius 3 is 2.15 bits per heavy atom. The lowest BCUT2D eigenvalue weighted by Crippen LogP contribution is -2.71. The molecule has 46 heavy (non-hydrogen) atoms. The third kappa shape index (κ3) is 6.32. The monoisotopic (exact) mass is 680 g/mol. The van der Waals surface area contributed by atoms with E-state index < -0.39 is 87.7 Å². The van der Waals surface area contributed by atoms with Gasteiger partial charge in [0, 0.05) is 18.3 Å². The highest BCUT2D eigenvalue weighted by Gasteiger charge is 2.72. The largest absolute Gasteiger partial charge is 0.397 e. The fourth-order valence-electron chi connectivity index (χ4n) is 11.0. The summed E-state index contributed by atoms with van der Waals surface area (Å²) in [5.74, 6) is -1.38. The van der Waals surface area contributed by atoms with Gasteiger partial charge in [0.05, 0.1) is 36.6 Å². The molecule has 14 heteroatoms. The third-order valence-electron chi connectivity index (χ3n) is 13.1. The fraction of sp³-hybridized carbons (Fsp3) is 1.00. The van der Waals surface area contributed by atoms with Crippen molar-refractivity contribution in [2.24, 2.45) is 46.3 Å². The van der Waals surface area contributed by atoms with Crippen molar-refractivity contribution in [2.45, 2.75) is 147 Å². The molecule has 0 amide bonds. The van der Waals surface area contributed by atoms with Gasteiger partial charge >= 0.3 is 10.4 Å². The first-order valence-electron chi connectivity index (χ1n) is 17.0. The Hall–Kier alpha value is -0.490. The molecule has 0 aromatic heterocycles. The molecule has 1 aliphatic heterocycles. The molecule has 4 saturated carbocycles. The molecule has 0 aromatic rings.